The molecule has 5 nitrogen and oxygen atoms in total. The number of aliphatic hydroxyl groups is 1. The molecule has 3 aromatic rings. The van der Waals surface area contributed by atoms with Crippen molar-refractivity contribution < 1.29 is 19.4 Å². The van der Waals surface area contributed by atoms with E-state index in [0.717, 1.165) is 11.1 Å². The zero-order valence-electron chi connectivity index (χ0n) is 18.2. The van der Waals surface area contributed by atoms with Crippen molar-refractivity contribution in [1.82, 2.24) is 0 Å². The number of methoxy groups -OCH3 is 1. The maximum atomic E-state index is 13.4. The summed E-state index contributed by atoms with van der Waals surface area (Å²) in [4.78, 5) is 28.1. The van der Waals surface area contributed by atoms with Crippen molar-refractivity contribution >= 4 is 46.3 Å². The molecule has 1 heterocycles. The first-order valence-corrected chi connectivity index (χ1v) is 11.0. The number of hydrogen-bond acceptors (Lipinski definition) is 4. The molecular formula is C26H21Cl2NO4. The molecule has 33 heavy (non-hydrogen) atoms. The largest absolute Gasteiger partial charge is 0.507 e. The number of benzene rings is 3. The number of ketones is 1. The zero-order valence-corrected chi connectivity index (χ0v) is 19.7. The van der Waals surface area contributed by atoms with Gasteiger partial charge in [0, 0.05) is 10.7 Å². The van der Waals surface area contributed by atoms with Crippen LogP contribution >= 0.6 is 23.2 Å². The molecule has 1 aliphatic rings. The molecule has 1 unspecified atom stereocenters. The summed E-state index contributed by atoms with van der Waals surface area (Å²) in [5, 5.41) is 11.8. The van der Waals surface area contributed by atoms with Gasteiger partial charge >= 0.3 is 0 Å². The molecular weight excluding hydrogens is 461 g/mol. The van der Waals surface area contributed by atoms with Gasteiger partial charge in [0.25, 0.3) is 11.7 Å². The van der Waals surface area contributed by atoms with Gasteiger partial charge < -0.3 is 9.84 Å². The molecule has 1 fully saturated rings. The number of nitrogens with zero attached hydrogens (tertiary/aromatic N) is 1. The van der Waals surface area contributed by atoms with Crippen LogP contribution < -0.4 is 9.64 Å². The number of hydrogen-bond donors (Lipinski definition) is 1. The number of aliphatic hydroxyl groups excluding tert-OH is 1. The first-order chi connectivity index (χ1) is 15.8. The smallest absolute Gasteiger partial charge is 0.300 e. The highest BCUT2D eigenvalue weighted by Gasteiger charge is 2.48. The lowest BCUT2D eigenvalue weighted by molar-refractivity contribution is -0.132. The average molecular weight is 482 g/mol. The molecule has 1 aliphatic heterocycles. The van der Waals surface area contributed by atoms with E-state index in [-0.39, 0.29) is 26.9 Å². The Labute approximate surface area is 201 Å². The fourth-order valence-electron chi connectivity index (χ4n) is 4.19. The van der Waals surface area contributed by atoms with E-state index in [2.05, 4.69) is 0 Å². The van der Waals surface area contributed by atoms with Gasteiger partial charge in [-0.15, -0.1) is 0 Å². The summed E-state index contributed by atoms with van der Waals surface area (Å²) < 4.78 is 5.37. The summed E-state index contributed by atoms with van der Waals surface area (Å²) in [6, 6.07) is 16.8. The van der Waals surface area contributed by atoms with Crippen molar-refractivity contribution in [2.24, 2.45) is 0 Å². The van der Waals surface area contributed by atoms with Gasteiger partial charge in [0.15, 0.2) is 0 Å². The SMILES string of the molecule is COc1c(Cl)cc(Cl)cc1/C(O)=C1\C(=O)C(=O)N(c2ccccc2C)C1c1ccccc1C. The fraction of sp³-hybridized carbons (Fsp3) is 0.154. The van der Waals surface area contributed by atoms with Crippen LogP contribution in [0.15, 0.2) is 66.2 Å². The van der Waals surface area contributed by atoms with Gasteiger partial charge in [-0.25, -0.2) is 0 Å². The number of amides is 1. The second-order valence-corrected chi connectivity index (χ2v) is 8.62. The molecule has 1 amide bonds. The first kappa shape index (κ1) is 22.9. The summed E-state index contributed by atoms with van der Waals surface area (Å²) in [5.41, 5.74) is 3.06. The zero-order chi connectivity index (χ0) is 23.9. The highest BCUT2D eigenvalue weighted by molar-refractivity contribution is 6.52. The predicted octanol–water partition coefficient (Wildman–Crippen LogP) is 6.25. The lowest BCUT2D eigenvalue weighted by atomic mass is 9.92. The Morgan fingerprint density at radius 2 is 1.61 bits per heavy atom. The third-order valence-electron chi connectivity index (χ3n) is 5.77. The third-order valence-corrected chi connectivity index (χ3v) is 6.27. The normalized spacial score (nSPS) is 17.5. The van der Waals surface area contributed by atoms with Gasteiger partial charge in [-0.2, -0.15) is 0 Å². The van der Waals surface area contributed by atoms with Crippen LogP contribution in [0, 0.1) is 13.8 Å². The second-order valence-electron chi connectivity index (χ2n) is 7.78. The molecule has 0 aliphatic carbocycles. The lowest BCUT2D eigenvalue weighted by Crippen LogP contribution is -2.30. The molecule has 1 atom stereocenters. The van der Waals surface area contributed by atoms with Gasteiger partial charge in [-0.1, -0.05) is 65.7 Å². The van der Waals surface area contributed by atoms with Gasteiger partial charge in [0.2, 0.25) is 0 Å². The van der Waals surface area contributed by atoms with Crippen molar-refractivity contribution in [3.8, 4) is 5.75 Å². The number of anilines is 1. The lowest BCUT2D eigenvalue weighted by Gasteiger charge is -2.28. The van der Waals surface area contributed by atoms with Crippen molar-refractivity contribution in [3.63, 3.8) is 0 Å². The minimum absolute atomic E-state index is 0.0609. The number of para-hydroxylation sites is 1. The highest BCUT2D eigenvalue weighted by Crippen LogP contribution is 2.46. The van der Waals surface area contributed by atoms with E-state index in [1.807, 2.05) is 50.2 Å². The molecule has 0 spiro atoms. The molecule has 0 saturated carbocycles. The van der Waals surface area contributed by atoms with E-state index in [9.17, 15) is 14.7 Å². The average Bonchev–Trinajstić information content (AvgIpc) is 3.04. The van der Waals surface area contributed by atoms with E-state index in [1.165, 1.54) is 24.1 Å². The molecule has 0 bridgehead atoms. The Balaban J connectivity index is 2.05. The van der Waals surface area contributed by atoms with Crippen LogP contribution in [0.4, 0.5) is 5.69 Å². The predicted molar refractivity (Wildman–Crippen MR) is 130 cm³/mol. The molecule has 0 aromatic heterocycles. The van der Waals surface area contributed by atoms with Crippen molar-refractivity contribution in [2.45, 2.75) is 19.9 Å². The van der Waals surface area contributed by atoms with Crippen molar-refractivity contribution in [2.75, 3.05) is 12.0 Å². The molecule has 7 heteroatoms. The summed E-state index contributed by atoms with van der Waals surface area (Å²) in [7, 11) is 1.40. The Hall–Kier alpha value is -3.28. The van der Waals surface area contributed by atoms with E-state index in [1.54, 1.807) is 12.1 Å². The third kappa shape index (κ3) is 3.88. The van der Waals surface area contributed by atoms with Gasteiger partial charge in [-0.3, -0.25) is 14.5 Å². The quantitative estimate of drug-likeness (QED) is 0.271. The van der Waals surface area contributed by atoms with Crippen molar-refractivity contribution in [3.05, 3.63) is 98.5 Å². The molecule has 3 aromatic carbocycles. The van der Waals surface area contributed by atoms with Gasteiger partial charge in [0.05, 0.1) is 29.3 Å². The summed E-state index contributed by atoms with van der Waals surface area (Å²) in [6.07, 6.45) is 0. The van der Waals surface area contributed by atoms with Gasteiger partial charge in [-0.05, 0) is 48.7 Å². The van der Waals surface area contributed by atoms with E-state index in [4.69, 9.17) is 27.9 Å². The highest BCUT2D eigenvalue weighted by atomic mass is 35.5. The van der Waals surface area contributed by atoms with Gasteiger partial charge in [0.1, 0.15) is 11.5 Å². The number of carbonyl (C=O) groups excluding carboxylic acids is 2. The first-order valence-electron chi connectivity index (χ1n) is 10.2. The topological polar surface area (TPSA) is 66.8 Å². The standard InChI is InChI=1S/C26H21Cl2NO4/c1-14-8-4-6-10-17(14)22-21(23(30)18-12-16(27)13-19(28)25(18)33-3)24(31)26(32)29(22)20-11-7-5-9-15(20)2/h4-13,22,30H,1-3H3/b23-21+. The van der Waals surface area contributed by atoms with Crippen LogP contribution in [0.1, 0.15) is 28.3 Å². The van der Waals surface area contributed by atoms with Crippen LogP contribution in [0.3, 0.4) is 0 Å². The maximum Gasteiger partial charge on any atom is 0.300 e. The number of Topliss-reactive ketones (excluding diaryl/α,β-unsaturated/α-hetero) is 1. The number of halogens is 2. The molecule has 0 radical (unpaired) electrons. The van der Waals surface area contributed by atoms with E-state index < -0.39 is 23.5 Å². The number of carbonyl (C=O) groups is 2. The minimum Gasteiger partial charge on any atom is -0.507 e. The number of rotatable bonds is 4. The Bertz CT molecular complexity index is 1320. The van der Waals surface area contributed by atoms with Crippen LogP contribution in [0.5, 0.6) is 5.75 Å². The summed E-state index contributed by atoms with van der Waals surface area (Å²) in [6.45, 7) is 3.76. The van der Waals surface area contributed by atoms with Crippen LogP contribution in [0.25, 0.3) is 5.76 Å². The Kier molecular flexibility index (Phi) is 6.19. The molecule has 4 rings (SSSR count). The van der Waals surface area contributed by atoms with Crippen LogP contribution in [-0.4, -0.2) is 23.9 Å². The Morgan fingerprint density at radius 1 is 0.970 bits per heavy atom. The number of ether oxygens (including phenoxy) is 1. The van der Waals surface area contributed by atoms with Crippen LogP contribution in [0.2, 0.25) is 10.0 Å². The fourth-order valence-corrected chi connectivity index (χ4v) is 4.76. The summed E-state index contributed by atoms with van der Waals surface area (Å²) >= 11 is 12.5. The second kappa shape index (κ2) is 8.93. The Morgan fingerprint density at radius 3 is 2.24 bits per heavy atom. The molecule has 1 N–H and O–H groups in total. The molecule has 1 saturated heterocycles. The van der Waals surface area contributed by atoms with E-state index in [0.29, 0.717) is 11.3 Å². The number of aryl methyl sites for hydroxylation is 2. The van der Waals surface area contributed by atoms with E-state index >= 15 is 0 Å². The molecule has 168 valence electrons. The van der Waals surface area contributed by atoms with Crippen LogP contribution in [-0.2, 0) is 9.59 Å². The summed E-state index contributed by atoms with van der Waals surface area (Å²) in [5.74, 6) is -1.78. The monoisotopic (exact) mass is 481 g/mol. The van der Waals surface area contributed by atoms with Crippen molar-refractivity contribution in [1.29, 1.82) is 0 Å². The maximum absolute atomic E-state index is 13.4. The minimum atomic E-state index is -0.852.